The molecule has 0 aromatic rings. The summed E-state index contributed by atoms with van der Waals surface area (Å²) in [4.78, 5) is 0. The Balaban J connectivity index is 3.12. The van der Waals surface area contributed by atoms with E-state index in [0.717, 1.165) is 0 Å². The molecule has 0 amide bonds. The van der Waals surface area contributed by atoms with E-state index in [4.69, 9.17) is 20.2 Å². The summed E-state index contributed by atoms with van der Waals surface area (Å²) >= 11 is 0. The van der Waals surface area contributed by atoms with Gasteiger partial charge >= 0.3 is 0 Å². The van der Waals surface area contributed by atoms with Crippen LogP contribution in [-0.2, 0) is 18.5 Å². The lowest BCUT2D eigenvalue weighted by Gasteiger charge is -2.01. The molecule has 0 aliphatic carbocycles. The van der Waals surface area contributed by atoms with Gasteiger partial charge in [0.25, 0.3) is 0 Å². The molecule has 0 aromatic carbocycles. The van der Waals surface area contributed by atoms with Crippen LogP contribution in [0.15, 0.2) is 0 Å². The molecular formula is C6H13ClO4S. The highest BCUT2D eigenvalue weighted by atomic mass is 35.7. The molecule has 4 nitrogen and oxygen atoms in total. The first-order valence-electron chi connectivity index (χ1n) is 3.64. The second kappa shape index (κ2) is 6.65. The Morgan fingerprint density at radius 3 is 2.25 bits per heavy atom. The Kier molecular flexibility index (Phi) is 6.74. The van der Waals surface area contributed by atoms with Crippen LogP contribution in [0.5, 0.6) is 0 Å². The van der Waals surface area contributed by atoms with Crippen molar-refractivity contribution < 1.29 is 17.9 Å². The van der Waals surface area contributed by atoms with E-state index in [-0.39, 0.29) is 12.4 Å². The molecule has 0 radical (unpaired) electrons. The van der Waals surface area contributed by atoms with Crippen LogP contribution in [0.25, 0.3) is 0 Å². The monoisotopic (exact) mass is 216 g/mol. The Labute approximate surface area is 77.2 Å². The Morgan fingerprint density at radius 2 is 1.75 bits per heavy atom. The average Bonchev–Trinajstić information content (AvgIpc) is 1.94. The van der Waals surface area contributed by atoms with Crippen LogP contribution in [0.1, 0.15) is 6.92 Å². The zero-order valence-corrected chi connectivity index (χ0v) is 8.53. The first kappa shape index (κ1) is 12.2. The van der Waals surface area contributed by atoms with Crippen LogP contribution in [-0.4, -0.2) is 40.6 Å². The summed E-state index contributed by atoms with van der Waals surface area (Å²) in [5.74, 6) is -0.152. The molecule has 0 rings (SSSR count). The fourth-order valence-corrected chi connectivity index (χ4v) is 1.03. The number of hydrogen-bond donors (Lipinski definition) is 0. The molecule has 0 fully saturated rings. The first-order valence-corrected chi connectivity index (χ1v) is 6.12. The van der Waals surface area contributed by atoms with E-state index in [0.29, 0.717) is 19.8 Å². The maximum Gasteiger partial charge on any atom is 0.234 e. The van der Waals surface area contributed by atoms with Crippen LogP contribution in [0.2, 0.25) is 0 Å². The van der Waals surface area contributed by atoms with Gasteiger partial charge in [-0.3, -0.25) is 0 Å². The minimum atomic E-state index is -3.41. The number of ether oxygens (including phenoxy) is 2. The van der Waals surface area contributed by atoms with Crippen molar-refractivity contribution in [1.82, 2.24) is 0 Å². The lowest BCUT2D eigenvalue weighted by molar-refractivity contribution is 0.0591. The molecule has 0 bridgehead atoms. The number of halogens is 1. The molecule has 0 aromatic heterocycles. The van der Waals surface area contributed by atoms with E-state index in [9.17, 15) is 8.42 Å². The van der Waals surface area contributed by atoms with Crippen molar-refractivity contribution in [2.45, 2.75) is 6.92 Å². The quantitative estimate of drug-likeness (QED) is 0.462. The number of hydrogen-bond acceptors (Lipinski definition) is 4. The van der Waals surface area contributed by atoms with Crippen LogP contribution < -0.4 is 0 Å². The third kappa shape index (κ3) is 10.2. The molecule has 0 atom stereocenters. The molecule has 0 heterocycles. The third-order valence-electron chi connectivity index (χ3n) is 1.05. The van der Waals surface area contributed by atoms with Gasteiger partial charge in [-0.15, -0.1) is 0 Å². The fraction of sp³-hybridized carbons (Fsp3) is 1.00. The zero-order valence-electron chi connectivity index (χ0n) is 6.95. The molecule has 12 heavy (non-hydrogen) atoms. The van der Waals surface area contributed by atoms with Gasteiger partial charge in [-0.1, -0.05) is 0 Å². The molecular weight excluding hydrogens is 204 g/mol. The van der Waals surface area contributed by atoms with E-state index < -0.39 is 9.05 Å². The summed E-state index contributed by atoms with van der Waals surface area (Å²) in [6, 6.07) is 0. The summed E-state index contributed by atoms with van der Waals surface area (Å²) in [5, 5.41) is 0. The smallest absolute Gasteiger partial charge is 0.234 e. The van der Waals surface area contributed by atoms with E-state index in [1.54, 1.807) is 0 Å². The van der Waals surface area contributed by atoms with Gasteiger partial charge in [0.1, 0.15) is 0 Å². The average molecular weight is 217 g/mol. The molecule has 0 aliphatic rings. The SMILES string of the molecule is CCOCCOCCS(=O)(=O)Cl. The minimum absolute atomic E-state index is 0.124. The highest BCUT2D eigenvalue weighted by Gasteiger charge is 2.03. The highest BCUT2D eigenvalue weighted by molar-refractivity contribution is 8.13. The second-order valence-electron chi connectivity index (χ2n) is 2.05. The maximum atomic E-state index is 10.4. The van der Waals surface area contributed by atoms with E-state index >= 15 is 0 Å². The molecule has 0 unspecified atom stereocenters. The molecule has 0 N–H and O–H groups in total. The largest absolute Gasteiger partial charge is 0.379 e. The highest BCUT2D eigenvalue weighted by Crippen LogP contribution is 1.95. The standard InChI is InChI=1S/C6H13ClO4S/c1-2-10-3-4-11-5-6-12(7,8)9/h2-6H2,1H3. The first-order chi connectivity index (χ1) is 5.56. The van der Waals surface area contributed by atoms with E-state index in [1.165, 1.54) is 0 Å². The van der Waals surface area contributed by atoms with E-state index in [2.05, 4.69) is 0 Å². The molecule has 0 spiro atoms. The fourth-order valence-electron chi connectivity index (χ4n) is 0.523. The van der Waals surface area contributed by atoms with Gasteiger partial charge in [-0.25, -0.2) is 8.42 Å². The van der Waals surface area contributed by atoms with E-state index in [1.807, 2.05) is 6.92 Å². The third-order valence-corrected chi connectivity index (χ3v) is 2.16. The van der Waals surface area contributed by atoms with Gasteiger partial charge < -0.3 is 9.47 Å². The summed E-state index contributed by atoms with van der Waals surface area (Å²) in [7, 11) is 1.52. The lowest BCUT2D eigenvalue weighted by atomic mass is 10.7. The summed E-state index contributed by atoms with van der Waals surface area (Å²) in [6.07, 6.45) is 0. The molecule has 0 aliphatic heterocycles. The Hall–Kier alpha value is 0.160. The van der Waals surface area contributed by atoms with Crippen LogP contribution in [0.3, 0.4) is 0 Å². The lowest BCUT2D eigenvalue weighted by Crippen LogP contribution is -2.10. The zero-order chi connectivity index (χ0) is 9.45. The van der Waals surface area contributed by atoms with Crippen molar-refractivity contribution in [3.63, 3.8) is 0 Å². The normalized spacial score (nSPS) is 11.8. The topological polar surface area (TPSA) is 52.6 Å². The summed E-state index contributed by atoms with van der Waals surface area (Å²) in [6.45, 7) is 3.53. The van der Waals surface area contributed by atoms with Crippen molar-refractivity contribution in [1.29, 1.82) is 0 Å². The van der Waals surface area contributed by atoms with Crippen LogP contribution >= 0.6 is 10.7 Å². The van der Waals surface area contributed by atoms with Gasteiger partial charge in [0.05, 0.1) is 25.6 Å². The predicted octanol–water partition coefficient (Wildman–Crippen LogP) is 0.608. The minimum Gasteiger partial charge on any atom is -0.379 e. The Morgan fingerprint density at radius 1 is 1.17 bits per heavy atom. The van der Waals surface area contributed by atoms with Gasteiger partial charge in [-0.2, -0.15) is 0 Å². The van der Waals surface area contributed by atoms with Crippen molar-refractivity contribution in [2.24, 2.45) is 0 Å². The number of rotatable bonds is 7. The molecule has 6 heteroatoms. The molecule has 0 saturated heterocycles. The predicted molar refractivity (Wildman–Crippen MR) is 47.0 cm³/mol. The second-order valence-corrected chi connectivity index (χ2v) is 4.95. The van der Waals surface area contributed by atoms with Crippen molar-refractivity contribution in [3.8, 4) is 0 Å². The Bertz CT molecular complexity index is 190. The van der Waals surface area contributed by atoms with Crippen LogP contribution in [0, 0.1) is 0 Å². The van der Waals surface area contributed by atoms with Crippen molar-refractivity contribution in [3.05, 3.63) is 0 Å². The summed E-state index contributed by atoms with van der Waals surface area (Å²) < 4.78 is 30.6. The van der Waals surface area contributed by atoms with Gasteiger partial charge in [0.2, 0.25) is 9.05 Å². The molecule has 74 valence electrons. The summed E-state index contributed by atoms with van der Waals surface area (Å²) in [5.41, 5.74) is 0. The van der Waals surface area contributed by atoms with Crippen molar-refractivity contribution >= 4 is 19.7 Å². The molecule has 0 saturated carbocycles. The van der Waals surface area contributed by atoms with Gasteiger partial charge in [-0.05, 0) is 6.92 Å². The van der Waals surface area contributed by atoms with Gasteiger partial charge in [0, 0.05) is 17.3 Å². The van der Waals surface area contributed by atoms with Gasteiger partial charge in [0.15, 0.2) is 0 Å². The van der Waals surface area contributed by atoms with Crippen molar-refractivity contribution in [2.75, 3.05) is 32.2 Å². The van der Waals surface area contributed by atoms with Crippen LogP contribution in [0.4, 0.5) is 0 Å². The maximum absolute atomic E-state index is 10.4.